The summed E-state index contributed by atoms with van der Waals surface area (Å²) in [7, 11) is -3.29. The number of rotatable bonds is 4. The molecule has 1 aromatic rings. The SMILES string of the molecule is CC(C)(C)O[Si](O)(OC(C)(C)C)[C@H]1C[C@@H]1c1cccc(Cl)c1. The van der Waals surface area contributed by atoms with Gasteiger partial charge in [-0.2, -0.15) is 0 Å². The maximum atomic E-state index is 11.2. The second-order valence-corrected chi connectivity index (χ2v) is 10.9. The molecule has 0 unspecified atom stereocenters. The van der Waals surface area contributed by atoms with E-state index >= 15 is 0 Å². The van der Waals surface area contributed by atoms with Crippen molar-refractivity contribution in [2.45, 2.75) is 70.6 Å². The highest BCUT2D eigenvalue weighted by molar-refractivity contribution is 6.62. The summed E-state index contributed by atoms with van der Waals surface area (Å²) in [5, 5.41) is 0.724. The predicted octanol–water partition coefficient (Wildman–Crippen LogP) is 4.76. The van der Waals surface area contributed by atoms with Crippen molar-refractivity contribution in [3.63, 3.8) is 0 Å². The van der Waals surface area contributed by atoms with Crippen molar-refractivity contribution in [2.75, 3.05) is 0 Å². The molecular weight excluding hydrogens is 316 g/mol. The van der Waals surface area contributed by atoms with Gasteiger partial charge >= 0.3 is 8.80 Å². The first-order valence-corrected chi connectivity index (χ1v) is 10.00. The van der Waals surface area contributed by atoms with E-state index in [1.165, 1.54) is 0 Å². The first kappa shape index (κ1) is 18.0. The van der Waals surface area contributed by atoms with E-state index < -0.39 is 20.0 Å². The van der Waals surface area contributed by atoms with Crippen LogP contribution in [0, 0.1) is 0 Å². The highest BCUT2D eigenvalue weighted by Crippen LogP contribution is 2.59. The van der Waals surface area contributed by atoms with Gasteiger partial charge in [-0.1, -0.05) is 23.7 Å². The van der Waals surface area contributed by atoms with Crippen molar-refractivity contribution in [2.24, 2.45) is 0 Å². The van der Waals surface area contributed by atoms with E-state index in [0.29, 0.717) is 0 Å². The minimum absolute atomic E-state index is 0.0458. The summed E-state index contributed by atoms with van der Waals surface area (Å²) in [6, 6.07) is 7.83. The van der Waals surface area contributed by atoms with Crippen LogP contribution in [0.2, 0.25) is 10.6 Å². The molecule has 0 aromatic heterocycles. The monoisotopic (exact) mass is 342 g/mol. The molecule has 0 spiro atoms. The van der Waals surface area contributed by atoms with Crippen molar-refractivity contribution < 1.29 is 13.6 Å². The van der Waals surface area contributed by atoms with E-state index in [0.717, 1.165) is 17.0 Å². The first-order chi connectivity index (χ1) is 9.90. The summed E-state index contributed by atoms with van der Waals surface area (Å²) < 4.78 is 12.1. The molecule has 0 saturated heterocycles. The third-order valence-corrected chi connectivity index (χ3v) is 7.06. The minimum Gasteiger partial charge on any atom is -0.389 e. The topological polar surface area (TPSA) is 38.7 Å². The average Bonchev–Trinajstić information content (AvgIpc) is 3.03. The van der Waals surface area contributed by atoms with Crippen LogP contribution in [0.3, 0.4) is 0 Å². The average molecular weight is 343 g/mol. The molecule has 22 heavy (non-hydrogen) atoms. The molecule has 1 N–H and O–H groups in total. The molecular formula is C17H27ClO3Si. The van der Waals surface area contributed by atoms with Crippen LogP contribution in [-0.4, -0.2) is 24.8 Å². The molecule has 2 atom stereocenters. The predicted molar refractivity (Wildman–Crippen MR) is 92.2 cm³/mol. The van der Waals surface area contributed by atoms with Crippen molar-refractivity contribution in [3.05, 3.63) is 34.9 Å². The highest BCUT2D eigenvalue weighted by Gasteiger charge is 2.62. The molecule has 124 valence electrons. The zero-order valence-electron chi connectivity index (χ0n) is 14.3. The van der Waals surface area contributed by atoms with Crippen LogP contribution in [0.15, 0.2) is 24.3 Å². The van der Waals surface area contributed by atoms with Crippen molar-refractivity contribution in [1.29, 1.82) is 0 Å². The van der Waals surface area contributed by atoms with Gasteiger partial charge < -0.3 is 13.6 Å². The molecule has 2 rings (SSSR count). The molecule has 1 saturated carbocycles. The van der Waals surface area contributed by atoms with Crippen molar-refractivity contribution in [3.8, 4) is 0 Å². The molecule has 0 amide bonds. The maximum Gasteiger partial charge on any atom is 0.502 e. The fourth-order valence-electron chi connectivity index (χ4n) is 2.75. The lowest BCUT2D eigenvalue weighted by Crippen LogP contribution is -2.52. The Morgan fingerprint density at radius 2 is 1.64 bits per heavy atom. The number of benzene rings is 1. The van der Waals surface area contributed by atoms with E-state index in [1.807, 2.05) is 59.7 Å². The summed E-state index contributed by atoms with van der Waals surface area (Å²) in [6.07, 6.45) is 0.884. The van der Waals surface area contributed by atoms with Crippen LogP contribution < -0.4 is 0 Å². The van der Waals surface area contributed by atoms with Gasteiger partial charge in [-0.05, 0) is 71.6 Å². The molecule has 1 aliphatic rings. The van der Waals surface area contributed by atoms with Gasteiger partial charge in [0.1, 0.15) is 0 Å². The summed E-state index contributed by atoms with van der Waals surface area (Å²) in [4.78, 5) is 11.2. The van der Waals surface area contributed by atoms with Crippen LogP contribution in [0.1, 0.15) is 59.4 Å². The lowest BCUT2D eigenvalue weighted by Gasteiger charge is -2.37. The second kappa shape index (κ2) is 5.91. The molecule has 0 heterocycles. The maximum absolute atomic E-state index is 11.2. The van der Waals surface area contributed by atoms with Crippen LogP contribution in [0.5, 0.6) is 0 Å². The van der Waals surface area contributed by atoms with Crippen LogP contribution in [0.25, 0.3) is 0 Å². The normalized spacial score (nSPS) is 22.7. The lowest BCUT2D eigenvalue weighted by molar-refractivity contribution is -0.0285. The van der Waals surface area contributed by atoms with E-state index in [-0.39, 0.29) is 11.5 Å². The van der Waals surface area contributed by atoms with Gasteiger partial charge in [0.2, 0.25) is 0 Å². The molecule has 3 nitrogen and oxygen atoms in total. The largest absolute Gasteiger partial charge is 0.502 e. The molecule has 0 bridgehead atoms. The molecule has 1 aliphatic carbocycles. The Hall–Kier alpha value is -0.393. The minimum atomic E-state index is -3.29. The van der Waals surface area contributed by atoms with Gasteiger partial charge in [0, 0.05) is 10.6 Å². The van der Waals surface area contributed by atoms with Gasteiger partial charge in [0.15, 0.2) is 0 Å². The van der Waals surface area contributed by atoms with E-state index in [9.17, 15) is 4.80 Å². The fourth-order valence-corrected chi connectivity index (χ4v) is 6.30. The number of halogens is 1. The van der Waals surface area contributed by atoms with Crippen LogP contribution in [0.4, 0.5) is 0 Å². The Labute approximate surface area is 140 Å². The smallest absolute Gasteiger partial charge is 0.389 e. The zero-order valence-corrected chi connectivity index (χ0v) is 16.1. The number of hydrogen-bond donors (Lipinski definition) is 1. The molecule has 5 heteroatoms. The fraction of sp³-hybridized carbons (Fsp3) is 0.647. The van der Waals surface area contributed by atoms with E-state index in [2.05, 4.69) is 6.07 Å². The highest BCUT2D eigenvalue weighted by atomic mass is 35.5. The molecule has 0 radical (unpaired) electrons. The standard InChI is InChI=1S/C17H27ClO3Si/c1-16(2,3)20-22(19,21-17(4,5)6)15-11-14(15)12-8-7-9-13(18)10-12/h7-10,14-15,19H,11H2,1-6H3/t14-,15+/m1/s1. The molecule has 1 fully saturated rings. The summed E-state index contributed by atoms with van der Waals surface area (Å²) in [5.74, 6) is 0.264. The van der Waals surface area contributed by atoms with Crippen LogP contribution in [-0.2, 0) is 8.85 Å². The van der Waals surface area contributed by atoms with E-state index in [1.54, 1.807) is 0 Å². The Balaban J connectivity index is 2.21. The third kappa shape index (κ3) is 4.80. The molecule has 1 aromatic carbocycles. The zero-order chi connectivity index (χ0) is 16.8. The Kier molecular flexibility index (Phi) is 4.82. The summed E-state index contributed by atoms with van der Waals surface area (Å²) in [5.41, 5.74) is 0.323. The Bertz CT molecular complexity index is 517. The summed E-state index contributed by atoms with van der Waals surface area (Å²) >= 11 is 6.08. The Morgan fingerprint density at radius 1 is 1.09 bits per heavy atom. The molecule has 0 aliphatic heterocycles. The van der Waals surface area contributed by atoms with Gasteiger partial charge in [-0.25, -0.2) is 0 Å². The summed E-state index contributed by atoms with van der Waals surface area (Å²) in [6.45, 7) is 11.7. The lowest BCUT2D eigenvalue weighted by atomic mass is 10.1. The number of hydrogen-bond acceptors (Lipinski definition) is 3. The quantitative estimate of drug-likeness (QED) is 0.802. The van der Waals surface area contributed by atoms with Gasteiger partial charge in [-0.3, -0.25) is 0 Å². The van der Waals surface area contributed by atoms with Gasteiger partial charge in [0.05, 0.1) is 11.2 Å². The van der Waals surface area contributed by atoms with Gasteiger partial charge in [-0.15, -0.1) is 0 Å². The van der Waals surface area contributed by atoms with Crippen molar-refractivity contribution in [1.82, 2.24) is 0 Å². The third-order valence-electron chi connectivity index (χ3n) is 3.44. The van der Waals surface area contributed by atoms with Gasteiger partial charge in [0.25, 0.3) is 0 Å². The van der Waals surface area contributed by atoms with E-state index in [4.69, 9.17) is 20.5 Å². The first-order valence-electron chi connectivity index (χ1n) is 7.78. The Morgan fingerprint density at radius 3 is 2.09 bits per heavy atom. The second-order valence-electron chi connectivity index (χ2n) is 8.06. The van der Waals surface area contributed by atoms with Crippen LogP contribution >= 0.6 is 11.6 Å². The van der Waals surface area contributed by atoms with Crippen molar-refractivity contribution >= 4 is 20.4 Å².